The molecule has 2 rings (SSSR count). The van der Waals surface area contributed by atoms with Crippen molar-refractivity contribution in [3.8, 4) is 0 Å². The molecule has 0 aliphatic heterocycles. The molecule has 0 atom stereocenters. The van der Waals surface area contributed by atoms with Gasteiger partial charge in [0.1, 0.15) is 0 Å². The van der Waals surface area contributed by atoms with E-state index in [1.165, 1.54) is 4.88 Å². The number of carboxylic acid groups (broad SMARTS) is 1. The summed E-state index contributed by atoms with van der Waals surface area (Å²) in [5.41, 5.74) is 3.07. The quantitative estimate of drug-likeness (QED) is 0.858. The largest absolute Gasteiger partial charge is 0.481 e. The molecule has 1 aromatic carbocycles. The van der Waals surface area contributed by atoms with Crippen LogP contribution >= 0.6 is 11.3 Å². The number of hydrogen-bond acceptors (Lipinski definition) is 4. The monoisotopic (exact) mass is 290 g/mol. The van der Waals surface area contributed by atoms with Gasteiger partial charge in [0.2, 0.25) is 0 Å². The lowest BCUT2D eigenvalue weighted by Gasteiger charge is -2.05. The molecule has 0 aliphatic rings. The molecule has 2 N–H and O–H groups in total. The first-order chi connectivity index (χ1) is 9.54. The smallest absolute Gasteiger partial charge is 0.307 e. The number of thiazole rings is 1. The van der Waals surface area contributed by atoms with Gasteiger partial charge in [0.15, 0.2) is 0 Å². The van der Waals surface area contributed by atoms with E-state index in [1.807, 2.05) is 31.2 Å². The molecule has 0 fully saturated rings. The van der Waals surface area contributed by atoms with Gasteiger partial charge in [-0.3, -0.25) is 4.79 Å². The van der Waals surface area contributed by atoms with E-state index in [2.05, 4.69) is 17.2 Å². The van der Waals surface area contributed by atoms with Gasteiger partial charge in [-0.15, -0.1) is 11.3 Å². The van der Waals surface area contributed by atoms with Gasteiger partial charge in [0, 0.05) is 18.0 Å². The second-order valence-corrected chi connectivity index (χ2v) is 6.13. The minimum atomic E-state index is -0.801. The molecule has 106 valence electrons. The first-order valence-electron chi connectivity index (χ1n) is 6.48. The Hall–Kier alpha value is -1.72. The topological polar surface area (TPSA) is 62.2 Å². The van der Waals surface area contributed by atoms with Crippen LogP contribution in [0, 0.1) is 13.8 Å². The molecular weight excluding hydrogens is 272 g/mol. The molecule has 0 saturated carbocycles. The summed E-state index contributed by atoms with van der Waals surface area (Å²) in [5.74, 6) is -0.801. The first-order valence-corrected chi connectivity index (χ1v) is 7.29. The van der Waals surface area contributed by atoms with Crippen molar-refractivity contribution in [2.75, 3.05) is 0 Å². The number of benzene rings is 1. The molecular formula is C15H18N2O2S. The fourth-order valence-electron chi connectivity index (χ4n) is 2.01. The van der Waals surface area contributed by atoms with Gasteiger partial charge in [0.05, 0.1) is 17.1 Å². The zero-order chi connectivity index (χ0) is 14.5. The fraction of sp³-hybridized carbons (Fsp3) is 0.333. The number of hydrogen-bond donors (Lipinski definition) is 2. The van der Waals surface area contributed by atoms with E-state index in [-0.39, 0.29) is 6.42 Å². The van der Waals surface area contributed by atoms with Gasteiger partial charge >= 0.3 is 5.97 Å². The molecule has 2 aromatic rings. The van der Waals surface area contributed by atoms with Crippen molar-refractivity contribution in [3.63, 3.8) is 0 Å². The fourth-order valence-corrected chi connectivity index (χ4v) is 2.85. The third-order valence-corrected chi connectivity index (χ3v) is 3.93. The zero-order valence-electron chi connectivity index (χ0n) is 11.6. The Morgan fingerprint density at radius 1 is 1.20 bits per heavy atom. The number of carbonyl (C=O) groups is 1. The van der Waals surface area contributed by atoms with Crippen LogP contribution in [0.25, 0.3) is 0 Å². The minimum absolute atomic E-state index is 0.0744. The number of aryl methyl sites for hydroxylation is 2. The van der Waals surface area contributed by atoms with Gasteiger partial charge in [-0.05, 0) is 25.0 Å². The maximum absolute atomic E-state index is 10.6. The number of carboxylic acids is 1. The van der Waals surface area contributed by atoms with Crippen LogP contribution in [0.2, 0.25) is 0 Å². The van der Waals surface area contributed by atoms with Gasteiger partial charge in [-0.25, -0.2) is 4.98 Å². The highest BCUT2D eigenvalue weighted by atomic mass is 32.1. The van der Waals surface area contributed by atoms with Crippen molar-refractivity contribution in [3.05, 3.63) is 51.0 Å². The zero-order valence-corrected chi connectivity index (χ0v) is 12.5. The number of aromatic nitrogens is 1. The lowest BCUT2D eigenvalue weighted by molar-refractivity contribution is -0.136. The van der Waals surface area contributed by atoms with Crippen molar-refractivity contribution < 1.29 is 9.90 Å². The van der Waals surface area contributed by atoms with Crippen LogP contribution in [0.5, 0.6) is 0 Å². The Labute approximate surface area is 122 Å². The van der Waals surface area contributed by atoms with E-state index >= 15 is 0 Å². The minimum Gasteiger partial charge on any atom is -0.481 e. The SMILES string of the molecule is Cc1nc(CNCc2ccc(CC(=O)O)cc2)c(C)s1. The van der Waals surface area contributed by atoms with Crippen molar-refractivity contribution in [2.45, 2.75) is 33.4 Å². The Morgan fingerprint density at radius 2 is 1.85 bits per heavy atom. The van der Waals surface area contributed by atoms with Crippen LogP contribution in [0.4, 0.5) is 0 Å². The number of nitrogens with zero attached hydrogens (tertiary/aromatic N) is 1. The average Bonchev–Trinajstić information content (AvgIpc) is 2.69. The van der Waals surface area contributed by atoms with Crippen LogP contribution in [0.3, 0.4) is 0 Å². The molecule has 1 aromatic heterocycles. The second kappa shape index (κ2) is 6.63. The molecule has 0 saturated heterocycles. The Balaban J connectivity index is 1.85. The van der Waals surface area contributed by atoms with Gasteiger partial charge in [-0.2, -0.15) is 0 Å². The Morgan fingerprint density at radius 3 is 2.40 bits per heavy atom. The van der Waals surface area contributed by atoms with E-state index in [9.17, 15) is 4.79 Å². The van der Waals surface area contributed by atoms with E-state index in [4.69, 9.17) is 5.11 Å². The van der Waals surface area contributed by atoms with E-state index in [0.29, 0.717) is 0 Å². The van der Waals surface area contributed by atoms with Gasteiger partial charge in [0.25, 0.3) is 0 Å². The van der Waals surface area contributed by atoms with E-state index < -0.39 is 5.97 Å². The highest BCUT2D eigenvalue weighted by Crippen LogP contribution is 2.16. The van der Waals surface area contributed by atoms with Crippen molar-refractivity contribution >= 4 is 17.3 Å². The highest BCUT2D eigenvalue weighted by molar-refractivity contribution is 7.11. The third kappa shape index (κ3) is 4.15. The summed E-state index contributed by atoms with van der Waals surface area (Å²) in [6, 6.07) is 7.65. The summed E-state index contributed by atoms with van der Waals surface area (Å²) in [5, 5.41) is 13.2. The molecule has 1 heterocycles. The summed E-state index contributed by atoms with van der Waals surface area (Å²) >= 11 is 1.72. The standard InChI is InChI=1S/C15H18N2O2S/c1-10-14(17-11(2)20-10)9-16-8-13-5-3-12(4-6-13)7-15(18)19/h3-6,16H,7-9H2,1-2H3,(H,18,19). The lowest BCUT2D eigenvalue weighted by atomic mass is 10.1. The predicted octanol–water partition coefficient (Wildman–Crippen LogP) is 2.68. The van der Waals surface area contributed by atoms with Crippen LogP contribution < -0.4 is 5.32 Å². The molecule has 5 heteroatoms. The number of nitrogens with one attached hydrogen (secondary N) is 1. The van der Waals surface area contributed by atoms with E-state index in [1.54, 1.807) is 11.3 Å². The summed E-state index contributed by atoms with van der Waals surface area (Å²) in [4.78, 5) is 16.3. The maximum Gasteiger partial charge on any atom is 0.307 e. The van der Waals surface area contributed by atoms with Crippen molar-refractivity contribution in [1.29, 1.82) is 0 Å². The first kappa shape index (κ1) is 14.7. The predicted molar refractivity (Wildman–Crippen MR) is 79.9 cm³/mol. The van der Waals surface area contributed by atoms with Crippen LogP contribution in [-0.2, 0) is 24.3 Å². The molecule has 0 spiro atoms. The third-order valence-electron chi connectivity index (χ3n) is 3.00. The molecule has 20 heavy (non-hydrogen) atoms. The molecule has 0 radical (unpaired) electrons. The maximum atomic E-state index is 10.6. The van der Waals surface area contributed by atoms with Crippen molar-refractivity contribution in [2.24, 2.45) is 0 Å². The number of aliphatic carboxylic acids is 1. The van der Waals surface area contributed by atoms with Crippen LogP contribution in [0.15, 0.2) is 24.3 Å². The number of rotatable bonds is 6. The molecule has 0 aliphatic carbocycles. The normalized spacial score (nSPS) is 10.7. The highest BCUT2D eigenvalue weighted by Gasteiger charge is 2.04. The summed E-state index contributed by atoms with van der Waals surface area (Å²) < 4.78 is 0. The van der Waals surface area contributed by atoms with E-state index in [0.717, 1.165) is 34.9 Å². The summed E-state index contributed by atoms with van der Waals surface area (Å²) in [7, 11) is 0. The molecule has 0 unspecified atom stereocenters. The summed E-state index contributed by atoms with van der Waals surface area (Å²) in [6.07, 6.45) is 0.0744. The molecule has 0 bridgehead atoms. The lowest BCUT2D eigenvalue weighted by Crippen LogP contribution is -2.13. The van der Waals surface area contributed by atoms with Gasteiger partial charge in [-0.1, -0.05) is 24.3 Å². The molecule has 0 amide bonds. The Bertz CT molecular complexity index is 590. The second-order valence-electron chi connectivity index (χ2n) is 4.73. The average molecular weight is 290 g/mol. The summed E-state index contributed by atoms with van der Waals surface area (Å²) in [6.45, 7) is 5.61. The Kier molecular flexibility index (Phi) is 4.87. The molecule has 4 nitrogen and oxygen atoms in total. The van der Waals surface area contributed by atoms with Crippen molar-refractivity contribution in [1.82, 2.24) is 10.3 Å². The van der Waals surface area contributed by atoms with Gasteiger partial charge < -0.3 is 10.4 Å². The van der Waals surface area contributed by atoms with Crippen LogP contribution in [0.1, 0.15) is 26.7 Å². The van der Waals surface area contributed by atoms with Crippen LogP contribution in [-0.4, -0.2) is 16.1 Å².